The molecule has 0 N–H and O–H groups in total. The molecule has 0 saturated heterocycles. The molecule has 8 aromatic rings. The van der Waals surface area contributed by atoms with E-state index in [9.17, 15) is 0 Å². The van der Waals surface area contributed by atoms with Gasteiger partial charge in [-0.1, -0.05) is 152 Å². The highest BCUT2D eigenvalue weighted by molar-refractivity contribution is 7.26. The molecular weight excluding hydrogens is 543 g/mol. The summed E-state index contributed by atoms with van der Waals surface area (Å²) in [5.74, 6) is 0. The van der Waals surface area contributed by atoms with Gasteiger partial charge in [0.1, 0.15) is 0 Å². The van der Waals surface area contributed by atoms with Crippen LogP contribution in [0, 0.1) is 0 Å². The fraction of sp³-hybridized carbons (Fsp3) is 0. The Balaban J connectivity index is 1.46. The topological polar surface area (TPSA) is 12.9 Å². The second-order valence-electron chi connectivity index (χ2n) is 10.7. The van der Waals surface area contributed by atoms with E-state index in [2.05, 4.69) is 164 Å². The largest absolute Gasteiger partial charge is 0.246 e. The minimum absolute atomic E-state index is 1.03. The van der Waals surface area contributed by atoms with Crippen molar-refractivity contribution in [3.63, 3.8) is 0 Å². The molecule has 8 rings (SSSR count). The minimum atomic E-state index is -2.64. The van der Waals surface area contributed by atoms with Gasteiger partial charge in [0, 0.05) is 26.4 Å². The number of para-hydroxylation sites is 1. The number of benzene rings is 6. The molecule has 0 unspecified atom stereocenters. The molecule has 0 aliphatic rings. The van der Waals surface area contributed by atoms with Crippen molar-refractivity contribution in [3.8, 4) is 11.3 Å². The van der Waals surface area contributed by atoms with Gasteiger partial charge >= 0.3 is 0 Å². The van der Waals surface area contributed by atoms with E-state index in [0.29, 0.717) is 0 Å². The summed E-state index contributed by atoms with van der Waals surface area (Å²) in [4.78, 5) is 5.34. The van der Waals surface area contributed by atoms with Crippen LogP contribution in [0.5, 0.6) is 0 Å². The highest BCUT2D eigenvalue weighted by Gasteiger charge is 2.41. The number of aromatic nitrogens is 1. The normalized spacial score (nSPS) is 11.8. The summed E-state index contributed by atoms with van der Waals surface area (Å²) in [5.41, 5.74) is 3.25. The summed E-state index contributed by atoms with van der Waals surface area (Å²) >= 11 is 1.85. The van der Waals surface area contributed by atoms with E-state index in [-0.39, 0.29) is 0 Å². The van der Waals surface area contributed by atoms with E-state index in [1.54, 1.807) is 0 Å². The number of nitrogens with zero attached hydrogens (tertiary/aromatic N) is 1. The number of pyridine rings is 1. The van der Waals surface area contributed by atoms with Crippen LogP contribution >= 0.6 is 11.3 Å². The molecule has 3 heteroatoms. The molecule has 1 nitrogen and oxygen atoms in total. The number of hydrogen-bond acceptors (Lipinski definition) is 2. The Bertz CT molecular complexity index is 2090. The van der Waals surface area contributed by atoms with Crippen molar-refractivity contribution in [2.45, 2.75) is 0 Å². The van der Waals surface area contributed by atoms with Gasteiger partial charge in [0.05, 0.1) is 15.9 Å². The van der Waals surface area contributed by atoms with E-state index in [1.807, 2.05) is 11.3 Å². The predicted molar refractivity (Wildman–Crippen MR) is 184 cm³/mol. The lowest BCUT2D eigenvalue weighted by Gasteiger charge is -2.34. The average molecular weight is 570 g/mol. The van der Waals surface area contributed by atoms with Crippen molar-refractivity contribution in [2.75, 3.05) is 0 Å². The third kappa shape index (κ3) is 3.86. The third-order valence-electron chi connectivity index (χ3n) is 8.41. The zero-order chi connectivity index (χ0) is 27.9. The fourth-order valence-electron chi connectivity index (χ4n) is 6.59. The molecule has 0 fully saturated rings. The van der Waals surface area contributed by atoms with Gasteiger partial charge in [-0.15, -0.1) is 11.3 Å². The lowest BCUT2D eigenvalue weighted by atomic mass is 10.0. The maximum Gasteiger partial charge on any atom is 0.179 e. The molecule has 42 heavy (non-hydrogen) atoms. The molecule has 0 atom stereocenters. The van der Waals surface area contributed by atoms with Gasteiger partial charge in [0.2, 0.25) is 0 Å². The Morgan fingerprint density at radius 2 is 0.976 bits per heavy atom. The summed E-state index contributed by atoms with van der Waals surface area (Å²) in [7, 11) is -2.64. The van der Waals surface area contributed by atoms with Crippen molar-refractivity contribution in [1.82, 2.24) is 4.98 Å². The molecule has 2 aromatic heterocycles. The first kappa shape index (κ1) is 24.9. The van der Waals surface area contributed by atoms with E-state index in [0.717, 1.165) is 16.8 Å². The van der Waals surface area contributed by atoms with E-state index in [4.69, 9.17) is 4.98 Å². The van der Waals surface area contributed by atoms with Crippen LogP contribution < -0.4 is 20.7 Å². The second kappa shape index (κ2) is 10.2. The van der Waals surface area contributed by atoms with Crippen molar-refractivity contribution in [3.05, 3.63) is 164 Å². The Morgan fingerprint density at radius 1 is 0.452 bits per heavy atom. The molecule has 2 heterocycles. The van der Waals surface area contributed by atoms with E-state index in [1.165, 1.54) is 46.3 Å². The summed E-state index contributed by atoms with van der Waals surface area (Å²) in [6.45, 7) is 0. The zero-order valence-corrected chi connectivity index (χ0v) is 24.8. The van der Waals surface area contributed by atoms with Gasteiger partial charge in [-0.25, -0.2) is 4.98 Å². The van der Waals surface area contributed by atoms with Gasteiger partial charge in [-0.3, -0.25) is 0 Å². The quantitative estimate of drug-likeness (QED) is 0.153. The smallest absolute Gasteiger partial charge is 0.179 e. The Morgan fingerprint density at radius 3 is 1.62 bits per heavy atom. The molecule has 0 spiro atoms. The summed E-state index contributed by atoms with van der Waals surface area (Å²) in [5, 5.41) is 9.29. The minimum Gasteiger partial charge on any atom is -0.246 e. The van der Waals surface area contributed by atoms with Crippen LogP contribution in [0.1, 0.15) is 0 Å². The van der Waals surface area contributed by atoms with Gasteiger partial charge in [-0.2, -0.15) is 0 Å². The second-order valence-corrected chi connectivity index (χ2v) is 15.6. The molecule has 0 aliphatic heterocycles. The SMILES string of the molecule is c1ccc([Si](c2ccccc2)(c2ccccc2)c2cccc(-c3nc4ccccc4c4c3sc3ccccc34)c2)cc1. The van der Waals surface area contributed by atoms with Gasteiger partial charge in [-0.05, 0) is 32.9 Å². The van der Waals surface area contributed by atoms with Crippen molar-refractivity contribution in [2.24, 2.45) is 0 Å². The first-order valence-corrected chi connectivity index (χ1v) is 17.1. The summed E-state index contributed by atoms with van der Waals surface area (Å²) in [6.07, 6.45) is 0. The van der Waals surface area contributed by atoms with Gasteiger partial charge in [0.15, 0.2) is 8.07 Å². The molecule has 198 valence electrons. The predicted octanol–water partition coefficient (Wildman–Crippen LogP) is 7.65. The monoisotopic (exact) mass is 569 g/mol. The van der Waals surface area contributed by atoms with Crippen LogP contribution in [-0.4, -0.2) is 13.1 Å². The van der Waals surface area contributed by atoms with Crippen LogP contribution in [0.25, 0.3) is 42.3 Å². The maximum absolute atomic E-state index is 5.34. The molecule has 0 aliphatic carbocycles. The van der Waals surface area contributed by atoms with Crippen LogP contribution in [0.2, 0.25) is 0 Å². The van der Waals surface area contributed by atoms with E-state index >= 15 is 0 Å². The summed E-state index contributed by atoms with van der Waals surface area (Å²) < 4.78 is 2.54. The number of hydrogen-bond donors (Lipinski definition) is 0. The third-order valence-corrected chi connectivity index (χ3v) is 14.4. The lowest BCUT2D eigenvalue weighted by molar-refractivity contribution is 1.44. The van der Waals surface area contributed by atoms with Crippen LogP contribution in [0.3, 0.4) is 0 Å². The Labute approximate surface area is 250 Å². The highest BCUT2D eigenvalue weighted by Crippen LogP contribution is 2.42. The van der Waals surface area contributed by atoms with Crippen LogP contribution in [0.4, 0.5) is 0 Å². The van der Waals surface area contributed by atoms with E-state index < -0.39 is 8.07 Å². The molecule has 0 amide bonds. The van der Waals surface area contributed by atoms with Crippen LogP contribution in [0.15, 0.2) is 164 Å². The zero-order valence-electron chi connectivity index (χ0n) is 22.9. The van der Waals surface area contributed by atoms with Crippen LogP contribution in [-0.2, 0) is 0 Å². The standard InChI is InChI=1S/C39H27NSSi/c1-4-16-29(17-5-1)42(30-18-6-2-7-19-30,31-20-8-3-9-21-31)32-22-14-15-28(27-32)38-39-37(33-23-10-12-25-35(33)40-38)34-24-11-13-26-36(34)41-39/h1-27H. The molecule has 0 bridgehead atoms. The average Bonchev–Trinajstić information content (AvgIpc) is 3.47. The Hall–Kier alpha value is -4.83. The number of thiophene rings is 1. The number of fused-ring (bicyclic) bond motifs is 5. The highest BCUT2D eigenvalue weighted by atomic mass is 32.1. The number of rotatable bonds is 5. The maximum atomic E-state index is 5.34. The first-order chi connectivity index (χ1) is 20.8. The fourth-order valence-corrected chi connectivity index (χ4v) is 12.6. The van der Waals surface area contributed by atoms with Gasteiger partial charge < -0.3 is 0 Å². The molecule has 0 saturated carbocycles. The first-order valence-electron chi connectivity index (χ1n) is 14.3. The van der Waals surface area contributed by atoms with Crippen molar-refractivity contribution in [1.29, 1.82) is 0 Å². The molecule has 6 aromatic carbocycles. The van der Waals surface area contributed by atoms with Gasteiger partial charge in [0.25, 0.3) is 0 Å². The summed E-state index contributed by atoms with van der Waals surface area (Å²) in [6, 6.07) is 59.9. The lowest BCUT2D eigenvalue weighted by Crippen LogP contribution is -2.74. The molecular formula is C39H27NSSi. The molecule has 0 radical (unpaired) electrons. The Kier molecular flexibility index (Phi) is 6.06. The van der Waals surface area contributed by atoms with Crippen molar-refractivity contribution < 1.29 is 0 Å². The van der Waals surface area contributed by atoms with Crippen molar-refractivity contribution >= 4 is 71.2 Å².